The zero-order valence-electron chi connectivity index (χ0n) is 10.6. The summed E-state index contributed by atoms with van der Waals surface area (Å²) in [4.78, 5) is 22.9. The fraction of sp³-hybridized carbons (Fsp3) is 0. The summed E-state index contributed by atoms with van der Waals surface area (Å²) in [6.45, 7) is 0. The van der Waals surface area contributed by atoms with Crippen LogP contribution >= 0.6 is 23.2 Å². The van der Waals surface area contributed by atoms with E-state index in [0.717, 1.165) is 0 Å². The van der Waals surface area contributed by atoms with Crippen LogP contribution in [0.25, 0.3) is 0 Å². The van der Waals surface area contributed by atoms with E-state index in [-0.39, 0.29) is 15.6 Å². The van der Waals surface area contributed by atoms with Crippen molar-refractivity contribution in [2.75, 3.05) is 11.1 Å². The molecular weight excluding hydrogens is 315 g/mol. The van der Waals surface area contributed by atoms with Crippen LogP contribution in [0.3, 0.4) is 0 Å². The Morgan fingerprint density at radius 2 is 1.62 bits per heavy atom. The molecule has 0 aromatic heterocycles. The van der Waals surface area contributed by atoms with Gasteiger partial charge in [0.15, 0.2) is 0 Å². The van der Waals surface area contributed by atoms with Gasteiger partial charge in [-0.25, -0.2) is 4.79 Å². The average molecular weight is 325 g/mol. The van der Waals surface area contributed by atoms with E-state index >= 15 is 0 Å². The maximum atomic E-state index is 12.1. The number of hydrogen-bond donors (Lipinski definition) is 3. The molecule has 0 saturated heterocycles. The minimum absolute atomic E-state index is 0.0357. The predicted octanol–water partition coefficient (Wildman–Crippen LogP) is 3.53. The SMILES string of the molecule is Nc1ccc(C(=O)Nc2ccc(C(=O)O)cc2Cl)cc1Cl. The average Bonchev–Trinajstić information content (AvgIpc) is 2.43. The third kappa shape index (κ3) is 3.45. The lowest BCUT2D eigenvalue weighted by atomic mass is 10.1. The Bertz CT molecular complexity index is 732. The monoisotopic (exact) mass is 324 g/mol. The van der Waals surface area contributed by atoms with Crippen LogP contribution < -0.4 is 11.1 Å². The number of rotatable bonds is 3. The van der Waals surface area contributed by atoms with Crippen molar-refractivity contribution in [2.45, 2.75) is 0 Å². The van der Waals surface area contributed by atoms with Crippen LogP contribution in [0.5, 0.6) is 0 Å². The number of carboxylic acid groups (broad SMARTS) is 1. The van der Waals surface area contributed by atoms with E-state index < -0.39 is 11.9 Å². The Hall–Kier alpha value is -2.24. The Morgan fingerprint density at radius 1 is 1.00 bits per heavy atom. The smallest absolute Gasteiger partial charge is 0.335 e. The van der Waals surface area contributed by atoms with Crippen molar-refractivity contribution in [3.8, 4) is 0 Å². The van der Waals surface area contributed by atoms with Gasteiger partial charge in [-0.1, -0.05) is 23.2 Å². The summed E-state index contributed by atoms with van der Waals surface area (Å²) in [6, 6.07) is 8.51. The van der Waals surface area contributed by atoms with Gasteiger partial charge in [0.1, 0.15) is 0 Å². The molecule has 4 N–H and O–H groups in total. The number of halogens is 2. The largest absolute Gasteiger partial charge is 0.478 e. The molecule has 0 aliphatic rings. The molecule has 21 heavy (non-hydrogen) atoms. The van der Waals surface area contributed by atoms with Crippen molar-refractivity contribution < 1.29 is 14.7 Å². The summed E-state index contributed by atoms with van der Waals surface area (Å²) in [7, 11) is 0. The van der Waals surface area contributed by atoms with Gasteiger partial charge in [0.2, 0.25) is 0 Å². The molecule has 0 radical (unpaired) electrons. The van der Waals surface area contributed by atoms with Crippen molar-refractivity contribution in [3.05, 3.63) is 57.6 Å². The second-order valence-electron chi connectivity index (χ2n) is 4.19. The number of amides is 1. The third-order valence-corrected chi connectivity index (χ3v) is 3.37. The van der Waals surface area contributed by atoms with Crippen LogP contribution in [0.4, 0.5) is 11.4 Å². The standard InChI is InChI=1S/C14H10Cl2N2O3/c15-9-5-7(1-3-11(9)17)13(19)18-12-4-2-8(14(20)21)6-10(12)16/h1-6H,17H2,(H,18,19)(H,20,21). The van der Waals surface area contributed by atoms with E-state index in [1.165, 1.54) is 36.4 Å². The number of carboxylic acids is 1. The van der Waals surface area contributed by atoms with Crippen molar-refractivity contribution in [3.63, 3.8) is 0 Å². The van der Waals surface area contributed by atoms with E-state index in [0.29, 0.717) is 16.9 Å². The highest BCUT2D eigenvalue weighted by Crippen LogP contribution is 2.25. The van der Waals surface area contributed by atoms with Crippen LogP contribution in [0, 0.1) is 0 Å². The lowest BCUT2D eigenvalue weighted by Crippen LogP contribution is -2.12. The fourth-order valence-corrected chi connectivity index (χ4v) is 2.02. The van der Waals surface area contributed by atoms with Gasteiger partial charge in [-0.2, -0.15) is 0 Å². The summed E-state index contributed by atoms with van der Waals surface area (Å²) in [6.07, 6.45) is 0. The first-order chi connectivity index (χ1) is 9.88. The van der Waals surface area contributed by atoms with Crippen LogP contribution in [0.2, 0.25) is 10.0 Å². The number of hydrogen-bond acceptors (Lipinski definition) is 3. The quantitative estimate of drug-likeness (QED) is 0.753. The van der Waals surface area contributed by atoms with Crippen molar-refractivity contribution in [2.24, 2.45) is 0 Å². The normalized spacial score (nSPS) is 10.2. The van der Waals surface area contributed by atoms with Crippen molar-refractivity contribution in [1.82, 2.24) is 0 Å². The molecule has 2 aromatic rings. The third-order valence-electron chi connectivity index (χ3n) is 2.73. The molecule has 0 bridgehead atoms. The summed E-state index contributed by atoms with van der Waals surface area (Å²) in [5, 5.41) is 11.8. The summed E-state index contributed by atoms with van der Waals surface area (Å²) in [5.74, 6) is -1.53. The molecule has 0 saturated carbocycles. The van der Waals surface area contributed by atoms with Gasteiger partial charge in [0, 0.05) is 5.56 Å². The Kier molecular flexibility index (Phi) is 4.35. The number of anilines is 2. The number of benzene rings is 2. The predicted molar refractivity (Wildman–Crippen MR) is 82.2 cm³/mol. The molecule has 0 atom stereocenters. The number of nitrogens with one attached hydrogen (secondary N) is 1. The van der Waals surface area contributed by atoms with E-state index in [4.69, 9.17) is 34.0 Å². The molecule has 0 unspecified atom stereocenters. The number of aromatic carboxylic acids is 1. The van der Waals surface area contributed by atoms with Gasteiger partial charge in [0.25, 0.3) is 5.91 Å². The first-order valence-electron chi connectivity index (χ1n) is 5.77. The first-order valence-corrected chi connectivity index (χ1v) is 6.53. The summed E-state index contributed by atoms with van der Waals surface area (Å²) in [5.41, 5.74) is 6.60. The molecule has 0 heterocycles. The Morgan fingerprint density at radius 3 is 2.19 bits per heavy atom. The maximum Gasteiger partial charge on any atom is 0.335 e. The molecule has 7 heteroatoms. The van der Waals surface area contributed by atoms with Crippen molar-refractivity contribution in [1.29, 1.82) is 0 Å². The molecular formula is C14H10Cl2N2O3. The van der Waals surface area contributed by atoms with Crippen LogP contribution in [-0.2, 0) is 0 Å². The summed E-state index contributed by atoms with van der Waals surface area (Å²) >= 11 is 11.8. The second kappa shape index (κ2) is 6.03. The fourth-order valence-electron chi connectivity index (χ4n) is 1.61. The molecule has 2 aromatic carbocycles. The Labute approximate surface area is 130 Å². The minimum Gasteiger partial charge on any atom is -0.478 e. The van der Waals surface area contributed by atoms with Gasteiger partial charge in [-0.05, 0) is 36.4 Å². The number of nitrogen functional groups attached to an aromatic ring is 1. The molecule has 108 valence electrons. The Balaban J connectivity index is 2.23. The van der Waals surface area contributed by atoms with E-state index in [2.05, 4.69) is 5.32 Å². The topological polar surface area (TPSA) is 92.4 Å². The summed E-state index contributed by atoms with van der Waals surface area (Å²) < 4.78 is 0. The number of carbonyl (C=O) groups excluding carboxylic acids is 1. The molecule has 0 aliphatic carbocycles. The molecule has 0 aliphatic heterocycles. The zero-order chi connectivity index (χ0) is 15.6. The highest BCUT2D eigenvalue weighted by molar-refractivity contribution is 6.34. The van der Waals surface area contributed by atoms with Crippen LogP contribution in [-0.4, -0.2) is 17.0 Å². The minimum atomic E-state index is -1.10. The van der Waals surface area contributed by atoms with E-state index in [1.54, 1.807) is 0 Å². The van der Waals surface area contributed by atoms with Crippen molar-refractivity contribution >= 4 is 46.5 Å². The van der Waals surface area contributed by atoms with Gasteiger partial charge in [-0.15, -0.1) is 0 Å². The molecule has 2 rings (SSSR count). The van der Waals surface area contributed by atoms with Crippen LogP contribution in [0.1, 0.15) is 20.7 Å². The molecule has 1 amide bonds. The number of nitrogens with two attached hydrogens (primary N) is 1. The molecule has 5 nitrogen and oxygen atoms in total. The van der Waals surface area contributed by atoms with Gasteiger partial charge in [-0.3, -0.25) is 4.79 Å². The lowest BCUT2D eigenvalue weighted by molar-refractivity contribution is 0.0696. The molecule has 0 spiro atoms. The maximum absolute atomic E-state index is 12.1. The highest BCUT2D eigenvalue weighted by Gasteiger charge is 2.12. The number of carbonyl (C=O) groups is 2. The van der Waals surface area contributed by atoms with Crippen LogP contribution in [0.15, 0.2) is 36.4 Å². The lowest BCUT2D eigenvalue weighted by Gasteiger charge is -2.08. The zero-order valence-corrected chi connectivity index (χ0v) is 12.1. The highest BCUT2D eigenvalue weighted by atomic mass is 35.5. The van der Waals surface area contributed by atoms with Gasteiger partial charge in [0.05, 0.1) is 27.0 Å². The molecule has 0 fully saturated rings. The van der Waals surface area contributed by atoms with E-state index in [9.17, 15) is 9.59 Å². The first kappa shape index (κ1) is 15.2. The van der Waals surface area contributed by atoms with Gasteiger partial charge < -0.3 is 16.2 Å². The second-order valence-corrected chi connectivity index (χ2v) is 5.00. The van der Waals surface area contributed by atoms with E-state index in [1.807, 2.05) is 0 Å². The van der Waals surface area contributed by atoms with Gasteiger partial charge >= 0.3 is 5.97 Å².